The van der Waals surface area contributed by atoms with Gasteiger partial charge in [-0.1, -0.05) is 18.2 Å². The van der Waals surface area contributed by atoms with Crippen LogP contribution in [0.25, 0.3) is 0 Å². The van der Waals surface area contributed by atoms with Crippen molar-refractivity contribution < 1.29 is 14.0 Å². The van der Waals surface area contributed by atoms with Crippen LogP contribution in [0, 0.1) is 5.82 Å². The number of carbonyl (C=O) groups excluding carboxylic acids is 2. The van der Waals surface area contributed by atoms with Crippen molar-refractivity contribution in [1.82, 2.24) is 20.0 Å². The second-order valence-corrected chi connectivity index (χ2v) is 9.10. The van der Waals surface area contributed by atoms with E-state index in [0.29, 0.717) is 19.6 Å². The van der Waals surface area contributed by atoms with Crippen LogP contribution in [-0.2, 0) is 9.59 Å². The van der Waals surface area contributed by atoms with Gasteiger partial charge in [0.2, 0.25) is 11.8 Å². The lowest BCUT2D eigenvalue weighted by Gasteiger charge is -2.35. The Labute approximate surface area is 186 Å². The first-order valence-corrected chi connectivity index (χ1v) is 11.8. The summed E-state index contributed by atoms with van der Waals surface area (Å²) < 4.78 is 13.3. The summed E-state index contributed by atoms with van der Waals surface area (Å²) >= 11 is 1.61. The highest BCUT2D eigenvalue weighted by molar-refractivity contribution is 7.10. The molecule has 0 spiro atoms. The molecule has 2 aliphatic rings. The SMILES string of the molecule is O=C(CN[C@@H](c1ccc(F)cc1)c1cccs1)N1CCN(CC(=O)N2CCCC2)CC1. The number of halogens is 1. The third kappa shape index (κ3) is 5.70. The quantitative estimate of drug-likeness (QED) is 0.712. The van der Waals surface area contributed by atoms with E-state index in [4.69, 9.17) is 0 Å². The summed E-state index contributed by atoms with van der Waals surface area (Å²) in [7, 11) is 0. The van der Waals surface area contributed by atoms with Gasteiger partial charge in [-0.05, 0) is 42.0 Å². The number of hydrogen-bond acceptors (Lipinski definition) is 5. The molecule has 1 aromatic carbocycles. The molecular formula is C23H29FN4O2S. The van der Waals surface area contributed by atoms with Crippen molar-refractivity contribution in [1.29, 1.82) is 0 Å². The van der Waals surface area contributed by atoms with Crippen molar-refractivity contribution >= 4 is 23.2 Å². The van der Waals surface area contributed by atoms with E-state index in [-0.39, 0.29) is 30.2 Å². The third-order valence-electron chi connectivity index (χ3n) is 6.03. The molecule has 0 unspecified atom stereocenters. The van der Waals surface area contributed by atoms with Crippen molar-refractivity contribution in [3.63, 3.8) is 0 Å². The summed E-state index contributed by atoms with van der Waals surface area (Å²) in [6.45, 7) is 5.13. The number of thiophene rings is 1. The maximum atomic E-state index is 13.3. The van der Waals surface area contributed by atoms with Crippen molar-refractivity contribution in [3.05, 3.63) is 58.0 Å². The molecule has 1 N–H and O–H groups in total. The van der Waals surface area contributed by atoms with Crippen LogP contribution >= 0.6 is 11.3 Å². The number of nitrogens with one attached hydrogen (secondary N) is 1. The molecular weight excluding hydrogens is 415 g/mol. The first-order valence-electron chi connectivity index (χ1n) is 10.9. The molecule has 0 bridgehead atoms. The van der Waals surface area contributed by atoms with Crippen LogP contribution in [-0.4, -0.2) is 78.9 Å². The highest BCUT2D eigenvalue weighted by Gasteiger charge is 2.26. The molecule has 2 aromatic rings. The minimum Gasteiger partial charge on any atom is -0.342 e. The third-order valence-corrected chi connectivity index (χ3v) is 6.97. The van der Waals surface area contributed by atoms with Gasteiger partial charge >= 0.3 is 0 Å². The van der Waals surface area contributed by atoms with Gasteiger partial charge in [-0.25, -0.2) is 4.39 Å². The average molecular weight is 445 g/mol. The highest BCUT2D eigenvalue weighted by atomic mass is 32.1. The number of piperazine rings is 1. The topological polar surface area (TPSA) is 55.9 Å². The van der Waals surface area contributed by atoms with Crippen molar-refractivity contribution in [2.24, 2.45) is 0 Å². The van der Waals surface area contributed by atoms with Gasteiger partial charge in [-0.15, -0.1) is 11.3 Å². The predicted octanol–water partition coefficient (Wildman–Crippen LogP) is 2.33. The van der Waals surface area contributed by atoms with Crippen LogP contribution in [0.2, 0.25) is 0 Å². The Morgan fingerprint density at radius 1 is 0.935 bits per heavy atom. The molecule has 8 heteroatoms. The number of rotatable bonds is 7. The number of nitrogens with zero attached hydrogens (tertiary/aromatic N) is 3. The normalized spacial score (nSPS) is 18.4. The van der Waals surface area contributed by atoms with Crippen LogP contribution in [0.5, 0.6) is 0 Å². The fourth-order valence-electron chi connectivity index (χ4n) is 4.21. The van der Waals surface area contributed by atoms with Crippen molar-refractivity contribution in [2.75, 3.05) is 52.4 Å². The summed E-state index contributed by atoms with van der Waals surface area (Å²) in [5.41, 5.74) is 0.932. The molecule has 31 heavy (non-hydrogen) atoms. The van der Waals surface area contributed by atoms with Crippen LogP contribution in [0.4, 0.5) is 4.39 Å². The Hall–Kier alpha value is -2.29. The molecule has 166 valence electrons. The van der Waals surface area contributed by atoms with Crippen LogP contribution in [0.15, 0.2) is 41.8 Å². The van der Waals surface area contributed by atoms with E-state index < -0.39 is 0 Å². The fraction of sp³-hybridized carbons (Fsp3) is 0.478. The zero-order valence-electron chi connectivity index (χ0n) is 17.6. The maximum Gasteiger partial charge on any atom is 0.236 e. The van der Waals surface area contributed by atoms with E-state index in [2.05, 4.69) is 10.2 Å². The minimum absolute atomic E-state index is 0.0502. The number of carbonyl (C=O) groups is 2. The predicted molar refractivity (Wildman–Crippen MR) is 119 cm³/mol. The molecule has 4 rings (SSSR count). The van der Waals surface area contributed by atoms with E-state index in [1.807, 2.05) is 27.3 Å². The molecule has 0 radical (unpaired) electrons. The van der Waals surface area contributed by atoms with Gasteiger partial charge in [-0.3, -0.25) is 19.8 Å². The lowest BCUT2D eigenvalue weighted by molar-refractivity contribution is -0.134. The Morgan fingerprint density at radius 3 is 2.26 bits per heavy atom. The standard InChI is InChI=1S/C23H29FN4O2S/c24-19-7-5-18(6-8-19)23(20-4-3-15-31-20)25-16-21(29)28-13-11-26(12-14-28)17-22(30)27-9-1-2-10-27/h3-8,15,23,25H,1-2,9-14,16-17H2/t23-/m0/s1. The molecule has 0 aliphatic carbocycles. The lowest BCUT2D eigenvalue weighted by Crippen LogP contribution is -2.53. The lowest BCUT2D eigenvalue weighted by atomic mass is 10.1. The summed E-state index contributed by atoms with van der Waals surface area (Å²) in [5, 5.41) is 5.36. The zero-order valence-corrected chi connectivity index (χ0v) is 18.5. The molecule has 2 fully saturated rings. The molecule has 2 saturated heterocycles. The minimum atomic E-state index is -0.272. The Kier molecular flexibility index (Phi) is 7.32. The van der Waals surface area contributed by atoms with E-state index in [1.165, 1.54) is 12.1 Å². The number of likely N-dealkylation sites (tertiary alicyclic amines) is 1. The summed E-state index contributed by atoms with van der Waals surface area (Å²) in [5.74, 6) is -0.0166. The van der Waals surface area contributed by atoms with Crippen LogP contribution in [0.3, 0.4) is 0 Å². The Bertz CT molecular complexity index is 860. The van der Waals surface area contributed by atoms with Gasteiger partial charge in [0, 0.05) is 44.1 Å². The van der Waals surface area contributed by atoms with E-state index >= 15 is 0 Å². The van der Waals surface area contributed by atoms with Crippen LogP contribution < -0.4 is 5.32 Å². The Balaban J connectivity index is 1.28. The molecule has 1 aromatic heterocycles. The largest absolute Gasteiger partial charge is 0.342 e. The first kappa shape index (κ1) is 21.9. The molecule has 2 aliphatic heterocycles. The van der Waals surface area contributed by atoms with Crippen molar-refractivity contribution in [3.8, 4) is 0 Å². The number of amides is 2. The number of benzene rings is 1. The summed E-state index contributed by atoms with van der Waals surface area (Å²) in [6.07, 6.45) is 2.21. The maximum absolute atomic E-state index is 13.3. The summed E-state index contributed by atoms with van der Waals surface area (Å²) in [4.78, 5) is 32.2. The second kappa shape index (κ2) is 10.3. The van der Waals surface area contributed by atoms with E-state index in [0.717, 1.165) is 49.5 Å². The zero-order chi connectivity index (χ0) is 21.6. The van der Waals surface area contributed by atoms with Crippen molar-refractivity contribution in [2.45, 2.75) is 18.9 Å². The second-order valence-electron chi connectivity index (χ2n) is 8.13. The highest BCUT2D eigenvalue weighted by Crippen LogP contribution is 2.26. The van der Waals surface area contributed by atoms with Gasteiger partial charge in [-0.2, -0.15) is 0 Å². The molecule has 2 amide bonds. The van der Waals surface area contributed by atoms with E-state index in [1.54, 1.807) is 23.5 Å². The van der Waals surface area contributed by atoms with Crippen LogP contribution in [0.1, 0.15) is 29.3 Å². The first-order chi connectivity index (χ1) is 15.1. The summed E-state index contributed by atoms with van der Waals surface area (Å²) in [6, 6.07) is 10.3. The molecule has 1 atom stereocenters. The fourth-order valence-corrected chi connectivity index (χ4v) is 5.03. The Morgan fingerprint density at radius 2 is 1.61 bits per heavy atom. The van der Waals surface area contributed by atoms with Gasteiger partial charge in [0.15, 0.2) is 0 Å². The van der Waals surface area contributed by atoms with Gasteiger partial charge in [0.1, 0.15) is 5.82 Å². The smallest absolute Gasteiger partial charge is 0.236 e. The van der Waals surface area contributed by atoms with Gasteiger partial charge in [0.05, 0.1) is 19.1 Å². The van der Waals surface area contributed by atoms with Gasteiger partial charge in [0.25, 0.3) is 0 Å². The molecule has 0 saturated carbocycles. The molecule has 3 heterocycles. The van der Waals surface area contributed by atoms with Gasteiger partial charge < -0.3 is 9.80 Å². The average Bonchev–Trinajstić information content (AvgIpc) is 3.50. The van der Waals surface area contributed by atoms with E-state index in [9.17, 15) is 14.0 Å². The monoisotopic (exact) mass is 444 g/mol. The molecule has 6 nitrogen and oxygen atoms in total. The number of hydrogen-bond donors (Lipinski definition) is 1.